The standard InChI is InChI=1S/C24H14.C22H12/c1-2-10-18-16(6-1)14-17-9-5-12-20-19-11-3-7-15-8-4-13-21(22(15)19)24(18)23(17)20;1-3-13-7-9-15-11-12-16-10-8-14-4-2-6-18-17(5-1)19(13)21(15)22(16)20(14)18/h1-14H;1-12H. The van der Waals surface area contributed by atoms with Crippen LogP contribution >= 0.6 is 0 Å². The molecule has 0 N–H and O–H groups in total. The fourth-order valence-electron chi connectivity index (χ4n) is 8.64. The van der Waals surface area contributed by atoms with Crippen molar-refractivity contribution in [2.24, 2.45) is 0 Å². The van der Waals surface area contributed by atoms with Crippen LogP contribution in [0.5, 0.6) is 0 Å². The molecule has 0 heterocycles. The van der Waals surface area contributed by atoms with Crippen LogP contribution in [-0.4, -0.2) is 0 Å². The summed E-state index contributed by atoms with van der Waals surface area (Å²) in [5, 5.41) is 27.3. The van der Waals surface area contributed by atoms with E-state index in [-0.39, 0.29) is 0 Å². The van der Waals surface area contributed by atoms with Crippen LogP contribution in [-0.2, 0) is 0 Å². The first-order valence-corrected chi connectivity index (χ1v) is 16.1. The second kappa shape index (κ2) is 8.81. The lowest BCUT2D eigenvalue weighted by Crippen LogP contribution is -1.89. The van der Waals surface area contributed by atoms with Crippen molar-refractivity contribution in [2.75, 3.05) is 0 Å². The van der Waals surface area contributed by atoms with Crippen LogP contribution in [0.4, 0.5) is 0 Å². The Kier molecular flexibility index (Phi) is 4.66. The molecule has 0 heteroatoms. The summed E-state index contributed by atoms with van der Waals surface area (Å²) in [4.78, 5) is 0. The largest absolute Gasteiger partial charge is 0.0616 e. The smallest absolute Gasteiger partial charge is 0.00141 e. The summed E-state index contributed by atoms with van der Waals surface area (Å²) in [5.74, 6) is 0. The topological polar surface area (TPSA) is 0 Å². The van der Waals surface area contributed by atoms with Crippen molar-refractivity contribution in [3.05, 3.63) is 158 Å². The van der Waals surface area contributed by atoms with E-state index in [1.807, 2.05) is 0 Å². The highest BCUT2D eigenvalue weighted by Crippen LogP contribution is 2.45. The van der Waals surface area contributed by atoms with E-state index in [0.29, 0.717) is 0 Å². The molecule has 12 rings (SSSR count). The molecule has 0 bridgehead atoms. The Labute approximate surface area is 264 Å². The fraction of sp³-hybridized carbons (Fsp3) is 0. The van der Waals surface area contributed by atoms with Crippen LogP contribution in [0.15, 0.2) is 158 Å². The van der Waals surface area contributed by atoms with Gasteiger partial charge in [0.05, 0.1) is 0 Å². The molecule has 0 fully saturated rings. The van der Waals surface area contributed by atoms with Gasteiger partial charge in [-0.2, -0.15) is 0 Å². The van der Waals surface area contributed by atoms with Gasteiger partial charge >= 0.3 is 0 Å². The van der Waals surface area contributed by atoms with Crippen LogP contribution in [0, 0.1) is 0 Å². The third-order valence-electron chi connectivity index (χ3n) is 10.5. The zero-order valence-electron chi connectivity index (χ0n) is 25.0. The highest BCUT2D eigenvalue weighted by atomic mass is 14.2. The van der Waals surface area contributed by atoms with E-state index in [0.717, 1.165) is 0 Å². The Hall–Kier alpha value is -5.98. The SMILES string of the molecule is c1cc2ccc3ccc4ccc5cccc6c(c1)c2c3c4c56.c1ccc2c(c1)cc1cccc3c4cccc5cccc(c54)c2c13. The molecule has 12 aromatic rings. The molecule has 0 nitrogen and oxygen atoms in total. The van der Waals surface area contributed by atoms with Crippen molar-refractivity contribution in [1.82, 2.24) is 0 Å². The van der Waals surface area contributed by atoms with Gasteiger partial charge in [-0.15, -0.1) is 0 Å². The number of hydrogen-bond donors (Lipinski definition) is 0. The van der Waals surface area contributed by atoms with Gasteiger partial charge < -0.3 is 0 Å². The Balaban J connectivity index is 0.000000114. The van der Waals surface area contributed by atoms with Crippen LogP contribution in [0.1, 0.15) is 0 Å². The number of fused-ring (bicyclic) bond motifs is 5. The van der Waals surface area contributed by atoms with Gasteiger partial charge in [-0.25, -0.2) is 0 Å². The van der Waals surface area contributed by atoms with Crippen LogP contribution in [0.3, 0.4) is 0 Å². The zero-order valence-corrected chi connectivity index (χ0v) is 25.0. The lowest BCUT2D eigenvalue weighted by Gasteiger charge is -2.17. The molecule has 0 amide bonds. The molecule has 46 heavy (non-hydrogen) atoms. The molecule has 0 radical (unpaired) electrons. The maximum absolute atomic E-state index is 2.33. The maximum Gasteiger partial charge on any atom is -0.00141 e. The number of benzene rings is 12. The van der Waals surface area contributed by atoms with Gasteiger partial charge in [0.25, 0.3) is 0 Å². The Morgan fingerprint density at radius 3 is 1.07 bits per heavy atom. The van der Waals surface area contributed by atoms with E-state index in [1.165, 1.54) is 108 Å². The number of rotatable bonds is 0. The summed E-state index contributed by atoms with van der Waals surface area (Å²) in [7, 11) is 0. The van der Waals surface area contributed by atoms with Crippen molar-refractivity contribution in [2.45, 2.75) is 0 Å². The van der Waals surface area contributed by atoms with E-state index >= 15 is 0 Å². The molecular formula is C46H26. The summed E-state index contributed by atoms with van der Waals surface area (Å²) < 4.78 is 0. The maximum atomic E-state index is 2.33. The minimum atomic E-state index is 1.31. The first-order chi connectivity index (χ1) is 22.8. The van der Waals surface area contributed by atoms with E-state index in [2.05, 4.69) is 158 Å². The lowest BCUT2D eigenvalue weighted by atomic mass is 9.86. The van der Waals surface area contributed by atoms with Crippen molar-refractivity contribution in [3.63, 3.8) is 0 Å². The van der Waals surface area contributed by atoms with Crippen LogP contribution < -0.4 is 0 Å². The van der Waals surface area contributed by atoms with Crippen molar-refractivity contribution in [3.8, 4) is 0 Å². The highest BCUT2D eigenvalue weighted by Gasteiger charge is 2.17. The fourth-order valence-corrected chi connectivity index (χ4v) is 8.64. The van der Waals surface area contributed by atoms with E-state index < -0.39 is 0 Å². The quantitative estimate of drug-likeness (QED) is 0.124. The molecule has 0 aliphatic heterocycles. The summed E-state index contributed by atoms with van der Waals surface area (Å²) in [6.07, 6.45) is 0. The predicted molar refractivity (Wildman–Crippen MR) is 202 cm³/mol. The third kappa shape index (κ3) is 3.08. The van der Waals surface area contributed by atoms with Crippen LogP contribution in [0.25, 0.3) is 108 Å². The van der Waals surface area contributed by atoms with E-state index in [4.69, 9.17) is 0 Å². The summed E-state index contributed by atoms with van der Waals surface area (Å²) in [5.41, 5.74) is 0. The monoisotopic (exact) mass is 578 g/mol. The van der Waals surface area contributed by atoms with Gasteiger partial charge in [-0.3, -0.25) is 0 Å². The van der Waals surface area contributed by atoms with Gasteiger partial charge in [0.2, 0.25) is 0 Å². The molecule has 0 spiro atoms. The average Bonchev–Trinajstić information content (AvgIpc) is 3.12. The third-order valence-corrected chi connectivity index (χ3v) is 10.5. The summed E-state index contributed by atoms with van der Waals surface area (Å²) in [6.45, 7) is 0. The lowest BCUT2D eigenvalue weighted by molar-refractivity contribution is 1.78. The van der Waals surface area contributed by atoms with Crippen molar-refractivity contribution >= 4 is 108 Å². The van der Waals surface area contributed by atoms with Gasteiger partial charge in [0.15, 0.2) is 0 Å². The van der Waals surface area contributed by atoms with Crippen molar-refractivity contribution < 1.29 is 0 Å². The first kappa shape index (κ1) is 24.4. The minimum absolute atomic E-state index is 1.31. The molecule has 0 aromatic heterocycles. The number of hydrogen-bond acceptors (Lipinski definition) is 0. The summed E-state index contributed by atoms with van der Waals surface area (Å²) >= 11 is 0. The van der Waals surface area contributed by atoms with Gasteiger partial charge in [-0.1, -0.05) is 152 Å². The minimum Gasteiger partial charge on any atom is -0.0616 e. The van der Waals surface area contributed by atoms with Gasteiger partial charge in [0, 0.05) is 0 Å². The second-order valence-corrected chi connectivity index (χ2v) is 12.8. The molecule has 210 valence electrons. The van der Waals surface area contributed by atoms with Gasteiger partial charge in [-0.05, 0) is 114 Å². The molecule has 0 saturated carbocycles. The van der Waals surface area contributed by atoms with Crippen LogP contribution in [0.2, 0.25) is 0 Å². The van der Waals surface area contributed by atoms with E-state index in [9.17, 15) is 0 Å². The Morgan fingerprint density at radius 2 is 0.522 bits per heavy atom. The Bertz CT molecular complexity index is 3010. The molecule has 12 aromatic carbocycles. The first-order valence-electron chi connectivity index (χ1n) is 16.1. The van der Waals surface area contributed by atoms with Crippen molar-refractivity contribution in [1.29, 1.82) is 0 Å². The predicted octanol–water partition coefficient (Wildman–Crippen LogP) is 13.2. The molecule has 0 atom stereocenters. The van der Waals surface area contributed by atoms with Gasteiger partial charge in [0.1, 0.15) is 0 Å². The average molecular weight is 579 g/mol. The molecule has 0 aliphatic carbocycles. The molecule has 0 saturated heterocycles. The summed E-state index contributed by atoms with van der Waals surface area (Å²) in [6, 6.07) is 58.0. The normalized spacial score (nSPS) is 12.3. The molecule has 0 aliphatic rings. The Morgan fingerprint density at radius 1 is 0.174 bits per heavy atom. The molecule has 0 unspecified atom stereocenters. The highest BCUT2D eigenvalue weighted by molar-refractivity contribution is 6.40. The molecular weight excluding hydrogens is 553 g/mol. The zero-order chi connectivity index (χ0) is 29.9. The van der Waals surface area contributed by atoms with E-state index in [1.54, 1.807) is 0 Å². The second-order valence-electron chi connectivity index (χ2n) is 12.8.